The van der Waals surface area contributed by atoms with Crippen molar-refractivity contribution in [2.24, 2.45) is 0 Å². The average Bonchev–Trinajstić information content (AvgIpc) is 3.63. The van der Waals surface area contributed by atoms with E-state index in [-0.39, 0.29) is 29.5 Å². The number of aromatic nitrogens is 4. The number of ether oxygens (including phenoxy) is 2. The van der Waals surface area contributed by atoms with E-state index in [2.05, 4.69) is 37.6 Å². The SMILES string of the molecule is CC(C)OC(=O)[C@H](C)NOC[C@@]1(C#Cc2ccccc2OP=O)O[C@@H](n2cnc3c(NC4CC4)nc(N)nc32)C(O)C1O. The molecule has 5 atom stereocenters. The van der Waals surface area contributed by atoms with E-state index in [0.717, 1.165) is 12.8 Å². The van der Waals surface area contributed by atoms with Gasteiger partial charge in [0.05, 0.1) is 18.0 Å². The van der Waals surface area contributed by atoms with Crippen molar-refractivity contribution in [3.05, 3.63) is 36.2 Å². The molecule has 3 aromatic rings. The number of esters is 1. The van der Waals surface area contributed by atoms with Gasteiger partial charge in [-0.05, 0) is 45.7 Å². The summed E-state index contributed by atoms with van der Waals surface area (Å²) in [6, 6.07) is 5.96. The van der Waals surface area contributed by atoms with Gasteiger partial charge in [0.2, 0.25) is 5.95 Å². The molecule has 1 saturated carbocycles. The Labute approximate surface area is 248 Å². The van der Waals surface area contributed by atoms with Gasteiger partial charge >= 0.3 is 14.7 Å². The van der Waals surface area contributed by atoms with Crippen LogP contribution in [-0.2, 0) is 23.7 Å². The first-order valence-electron chi connectivity index (χ1n) is 13.6. The first-order valence-corrected chi connectivity index (χ1v) is 14.3. The van der Waals surface area contributed by atoms with Gasteiger partial charge in [0.25, 0.3) is 0 Å². The van der Waals surface area contributed by atoms with Crippen molar-refractivity contribution in [3.63, 3.8) is 0 Å². The smallest absolute Gasteiger partial charge is 0.395 e. The molecule has 2 aromatic heterocycles. The summed E-state index contributed by atoms with van der Waals surface area (Å²) < 4.78 is 29.1. The van der Waals surface area contributed by atoms with Gasteiger partial charge in [-0.15, -0.1) is 0 Å². The number of anilines is 2. The minimum absolute atomic E-state index is 0.0134. The van der Waals surface area contributed by atoms with Gasteiger partial charge in [-0.2, -0.15) is 15.4 Å². The first-order chi connectivity index (χ1) is 20.6. The number of nitrogens with one attached hydrogen (secondary N) is 2. The summed E-state index contributed by atoms with van der Waals surface area (Å²) in [7, 11) is -0.579. The van der Waals surface area contributed by atoms with E-state index < -0.39 is 51.3 Å². The van der Waals surface area contributed by atoms with Crippen LogP contribution in [0.2, 0.25) is 0 Å². The van der Waals surface area contributed by atoms with E-state index in [9.17, 15) is 19.6 Å². The van der Waals surface area contributed by atoms with Gasteiger partial charge in [-0.3, -0.25) is 14.2 Å². The molecule has 228 valence electrons. The van der Waals surface area contributed by atoms with E-state index >= 15 is 0 Å². The highest BCUT2D eigenvalue weighted by Gasteiger charge is 2.55. The number of nitrogens with zero attached hydrogens (tertiary/aromatic N) is 4. The van der Waals surface area contributed by atoms with E-state index in [4.69, 9.17) is 24.6 Å². The molecule has 0 radical (unpaired) electrons. The molecule has 2 aliphatic rings. The largest absolute Gasteiger partial charge is 0.462 e. The highest BCUT2D eigenvalue weighted by atomic mass is 31.1. The second-order valence-corrected chi connectivity index (χ2v) is 10.9. The number of carbonyl (C=O) groups excluding carboxylic acids is 1. The molecule has 3 heterocycles. The van der Waals surface area contributed by atoms with Gasteiger partial charge < -0.3 is 35.3 Å². The summed E-state index contributed by atoms with van der Waals surface area (Å²) in [5, 5.41) is 25.9. The van der Waals surface area contributed by atoms with Gasteiger partial charge in [0.1, 0.15) is 24.9 Å². The normalized spacial score (nSPS) is 24.1. The van der Waals surface area contributed by atoms with Crippen LogP contribution in [0.1, 0.15) is 45.4 Å². The molecule has 2 fully saturated rings. The predicted molar refractivity (Wildman–Crippen MR) is 153 cm³/mol. The Morgan fingerprint density at radius 2 is 2.05 bits per heavy atom. The zero-order chi connectivity index (χ0) is 30.7. The number of hydrogen-bond donors (Lipinski definition) is 5. The second-order valence-electron chi connectivity index (χ2n) is 10.5. The molecule has 6 N–H and O–H groups in total. The van der Waals surface area contributed by atoms with E-state index in [1.54, 1.807) is 38.1 Å². The first kappa shape index (κ1) is 30.6. The van der Waals surface area contributed by atoms with Crippen molar-refractivity contribution in [1.82, 2.24) is 25.0 Å². The fraction of sp³-hybridized carbons (Fsp3) is 0.481. The number of fused-ring (bicyclic) bond motifs is 1. The number of aliphatic hydroxyl groups excluding tert-OH is 2. The molecular weight excluding hydrogens is 581 g/mol. The third kappa shape index (κ3) is 6.70. The molecule has 15 nitrogen and oxygen atoms in total. The van der Waals surface area contributed by atoms with Crippen molar-refractivity contribution in [3.8, 4) is 17.6 Å². The summed E-state index contributed by atoms with van der Waals surface area (Å²) in [6.07, 6.45) is -1.31. The van der Waals surface area contributed by atoms with Crippen LogP contribution in [0.25, 0.3) is 11.2 Å². The summed E-state index contributed by atoms with van der Waals surface area (Å²) in [6.45, 7) is 4.54. The number of rotatable bonds is 11. The van der Waals surface area contributed by atoms with Crippen molar-refractivity contribution >= 4 is 37.6 Å². The molecule has 5 rings (SSSR count). The van der Waals surface area contributed by atoms with Crippen LogP contribution in [0.3, 0.4) is 0 Å². The van der Waals surface area contributed by atoms with Gasteiger partial charge in [-0.1, -0.05) is 24.0 Å². The number of nitrogens with two attached hydrogens (primary N) is 1. The molecule has 0 amide bonds. The van der Waals surface area contributed by atoms with Gasteiger partial charge in [0.15, 0.2) is 34.6 Å². The summed E-state index contributed by atoms with van der Waals surface area (Å²) in [5.74, 6) is 5.85. The number of aliphatic hydroxyl groups is 2. The van der Waals surface area contributed by atoms with E-state index in [1.807, 2.05) is 0 Å². The summed E-state index contributed by atoms with van der Waals surface area (Å²) >= 11 is 0. The summed E-state index contributed by atoms with van der Waals surface area (Å²) in [4.78, 5) is 30.8. The van der Waals surface area contributed by atoms with Crippen molar-refractivity contribution < 1.29 is 38.4 Å². The lowest BCUT2D eigenvalue weighted by molar-refractivity contribution is -0.159. The Hall–Kier alpha value is -3.90. The molecule has 1 aliphatic carbocycles. The lowest BCUT2D eigenvalue weighted by Gasteiger charge is -2.27. The maximum absolute atomic E-state index is 12.3. The monoisotopic (exact) mass is 613 g/mol. The Bertz CT molecular complexity index is 1560. The fourth-order valence-electron chi connectivity index (χ4n) is 4.43. The highest BCUT2D eigenvalue weighted by Crippen LogP contribution is 2.39. The van der Waals surface area contributed by atoms with Crippen LogP contribution < -0.4 is 21.1 Å². The number of carbonyl (C=O) groups is 1. The molecule has 0 bridgehead atoms. The minimum Gasteiger partial charge on any atom is -0.462 e. The maximum atomic E-state index is 12.3. The van der Waals surface area contributed by atoms with E-state index in [0.29, 0.717) is 16.9 Å². The van der Waals surface area contributed by atoms with Gasteiger partial charge in [-0.25, -0.2) is 9.55 Å². The second kappa shape index (κ2) is 12.8. The van der Waals surface area contributed by atoms with Crippen LogP contribution in [0.5, 0.6) is 5.75 Å². The van der Waals surface area contributed by atoms with E-state index in [1.165, 1.54) is 17.8 Å². The number of imidazole rings is 1. The molecule has 1 saturated heterocycles. The Balaban J connectivity index is 1.47. The molecule has 0 spiro atoms. The number of hydrogen-bond acceptors (Lipinski definition) is 14. The predicted octanol–water partition coefficient (Wildman–Crippen LogP) is 1.47. The topological polar surface area (TPSA) is 205 Å². The number of nitrogen functional groups attached to an aromatic ring is 1. The molecule has 1 aromatic carbocycles. The Morgan fingerprint density at radius 1 is 1.28 bits per heavy atom. The minimum atomic E-state index is -1.84. The fourth-order valence-corrected chi connectivity index (χ4v) is 4.67. The van der Waals surface area contributed by atoms with Crippen LogP contribution >= 0.6 is 8.69 Å². The lowest BCUT2D eigenvalue weighted by Crippen LogP contribution is -2.48. The molecule has 43 heavy (non-hydrogen) atoms. The number of para-hydroxylation sites is 1. The zero-order valence-corrected chi connectivity index (χ0v) is 24.5. The third-order valence-corrected chi connectivity index (χ3v) is 7.01. The lowest BCUT2D eigenvalue weighted by atomic mass is 9.96. The van der Waals surface area contributed by atoms with Crippen molar-refractivity contribution in [1.29, 1.82) is 0 Å². The van der Waals surface area contributed by atoms with Crippen LogP contribution in [-0.4, -0.2) is 78.3 Å². The van der Waals surface area contributed by atoms with Crippen LogP contribution in [0.15, 0.2) is 30.6 Å². The average molecular weight is 614 g/mol. The zero-order valence-electron chi connectivity index (χ0n) is 23.6. The van der Waals surface area contributed by atoms with Crippen LogP contribution in [0.4, 0.5) is 11.8 Å². The number of benzene rings is 1. The molecular formula is C27H32N7O8P. The highest BCUT2D eigenvalue weighted by molar-refractivity contribution is 7.17. The Kier molecular flexibility index (Phi) is 9.07. The van der Waals surface area contributed by atoms with Crippen LogP contribution in [0, 0.1) is 11.8 Å². The third-order valence-electron chi connectivity index (χ3n) is 6.74. The molecule has 16 heteroatoms. The maximum Gasteiger partial charge on any atom is 0.395 e. The summed E-state index contributed by atoms with van der Waals surface area (Å²) in [5.41, 5.74) is 7.74. The quantitative estimate of drug-likeness (QED) is 0.0899. The number of hydroxylamine groups is 1. The standard InChI is InChI=1S/C27H32N7O8P/c1-14(2)40-25(37)15(3)33-39-12-27(11-10-16-6-4-5-7-18(16)42-43-38)21(36)20(35)24(41-27)34-13-29-19-22(30-17-8-9-17)31-26(28)32-23(19)34/h4-7,13-15,17,20-21,24,33,35-36H,8-9,12H2,1-3H3,(H3,28,30,31,32)/t15-,20?,21?,24+,27+/m0/s1. The molecule has 1 aliphatic heterocycles. The Morgan fingerprint density at radius 3 is 2.77 bits per heavy atom. The van der Waals surface area contributed by atoms with Gasteiger partial charge in [0, 0.05) is 6.04 Å². The molecule has 2 unspecified atom stereocenters. The van der Waals surface area contributed by atoms with Crippen molar-refractivity contribution in [2.75, 3.05) is 17.7 Å². The van der Waals surface area contributed by atoms with Crippen molar-refractivity contribution in [2.45, 2.75) is 75.8 Å².